The zero-order valence-electron chi connectivity index (χ0n) is 11.7. The second-order valence-corrected chi connectivity index (χ2v) is 6.06. The third kappa shape index (κ3) is 1.72. The van der Waals surface area contributed by atoms with Gasteiger partial charge in [-0.05, 0) is 26.1 Å². The van der Waals surface area contributed by atoms with Crippen LogP contribution in [0.15, 0.2) is 16.5 Å². The molecule has 2 aliphatic heterocycles. The topological polar surface area (TPSA) is 19.6 Å². The molecule has 0 N–H and O–H groups in total. The molecule has 0 saturated carbocycles. The number of nitrogens with zero attached hydrogens (tertiary/aromatic N) is 2. The van der Waals surface area contributed by atoms with Gasteiger partial charge < -0.3 is 14.2 Å². The average molecular weight is 256 g/mol. The molecule has 19 heavy (non-hydrogen) atoms. The van der Waals surface area contributed by atoms with Gasteiger partial charge in [-0.25, -0.2) is 0 Å². The molecule has 1 aromatic carbocycles. The number of rotatable bonds is 0. The van der Waals surface area contributed by atoms with Gasteiger partial charge in [-0.3, -0.25) is 0 Å². The maximum Gasteiger partial charge on any atom is 0.138 e. The smallest absolute Gasteiger partial charge is 0.138 e. The van der Waals surface area contributed by atoms with Crippen LogP contribution in [0.5, 0.6) is 0 Å². The fourth-order valence-corrected chi connectivity index (χ4v) is 3.47. The van der Waals surface area contributed by atoms with E-state index in [1.165, 1.54) is 33.4 Å². The van der Waals surface area contributed by atoms with Gasteiger partial charge in [-0.15, -0.1) is 0 Å². The predicted octanol–water partition coefficient (Wildman–Crippen LogP) is 2.41. The SMILES string of the molecule is CN1CCc2c(ccc3c4c(oc23)CCN(C)C4)C1. The van der Waals surface area contributed by atoms with E-state index in [2.05, 4.69) is 36.0 Å². The first-order valence-corrected chi connectivity index (χ1v) is 7.14. The first kappa shape index (κ1) is 11.5. The van der Waals surface area contributed by atoms with E-state index in [0.717, 1.165) is 39.0 Å². The molecule has 100 valence electrons. The van der Waals surface area contributed by atoms with Gasteiger partial charge in [0.1, 0.15) is 11.3 Å². The summed E-state index contributed by atoms with van der Waals surface area (Å²) in [6.07, 6.45) is 2.17. The summed E-state index contributed by atoms with van der Waals surface area (Å²) in [5.41, 5.74) is 5.49. The Hall–Kier alpha value is -1.32. The number of fused-ring (bicyclic) bond motifs is 5. The van der Waals surface area contributed by atoms with E-state index in [9.17, 15) is 0 Å². The van der Waals surface area contributed by atoms with Gasteiger partial charge in [-0.1, -0.05) is 12.1 Å². The molecular weight excluding hydrogens is 236 g/mol. The first-order valence-electron chi connectivity index (χ1n) is 7.14. The molecule has 0 amide bonds. The Bertz CT molecular complexity index is 644. The van der Waals surface area contributed by atoms with E-state index in [1.54, 1.807) is 0 Å². The molecule has 0 unspecified atom stereocenters. The van der Waals surface area contributed by atoms with Crippen molar-refractivity contribution in [1.29, 1.82) is 0 Å². The number of hydrogen-bond acceptors (Lipinski definition) is 3. The largest absolute Gasteiger partial charge is 0.460 e. The Labute approximate surface area is 113 Å². The lowest BCUT2D eigenvalue weighted by Crippen LogP contribution is -2.26. The minimum Gasteiger partial charge on any atom is -0.460 e. The summed E-state index contributed by atoms with van der Waals surface area (Å²) in [6.45, 7) is 4.33. The fourth-order valence-electron chi connectivity index (χ4n) is 3.47. The Morgan fingerprint density at radius 3 is 2.63 bits per heavy atom. The van der Waals surface area contributed by atoms with Gasteiger partial charge in [-0.2, -0.15) is 0 Å². The van der Waals surface area contributed by atoms with Crippen molar-refractivity contribution in [2.45, 2.75) is 25.9 Å². The van der Waals surface area contributed by atoms with Crippen LogP contribution in [0.4, 0.5) is 0 Å². The average Bonchev–Trinajstić information content (AvgIpc) is 2.76. The number of likely N-dealkylation sites (N-methyl/N-ethyl adjacent to an activating group) is 2. The van der Waals surface area contributed by atoms with Crippen molar-refractivity contribution in [2.75, 3.05) is 27.2 Å². The molecule has 2 aliphatic rings. The third-order valence-corrected chi connectivity index (χ3v) is 4.58. The molecule has 0 fully saturated rings. The minimum absolute atomic E-state index is 1.03. The van der Waals surface area contributed by atoms with Crippen LogP contribution in [0.3, 0.4) is 0 Å². The van der Waals surface area contributed by atoms with Crippen molar-refractivity contribution in [1.82, 2.24) is 9.80 Å². The summed E-state index contributed by atoms with van der Waals surface area (Å²) in [7, 11) is 4.38. The maximum absolute atomic E-state index is 6.23. The van der Waals surface area contributed by atoms with Gasteiger partial charge >= 0.3 is 0 Å². The van der Waals surface area contributed by atoms with Crippen molar-refractivity contribution < 1.29 is 4.42 Å². The molecule has 3 heteroatoms. The van der Waals surface area contributed by atoms with Crippen molar-refractivity contribution in [3.63, 3.8) is 0 Å². The van der Waals surface area contributed by atoms with Crippen molar-refractivity contribution in [2.24, 2.45) is 0 Å². The zero-order chi connectivity index (χ0) is 13.0. The molecule has 0 aliphatic carbocycles. The Morgan fingerprint density at radius 1 is 0.947 bits per heavy atom. The fraction of sp³-hybridized carbons (Fsp3) is 0.500. The minimum atomic E-state index is 1.03. The van der Waals surface area contributed by atoms with E-state index in [-0.39, 0.29) is 0 Å². The number of benzene rings is 1. The van der Waals surface area contributed by atoms with E-state index in [4.69, 9.17) is 4.42 Å². The molecule has 0 atom stereocenters. The Balaban J connectivity index is 1.91. The summed E-state index contributed by atoms with van der Waals surface area (Å²) < 4.78 is 6.23. The van der Waals surface area contributed by atoms with Crippen LogP contribution in [0.25, 0.3) is 11.0 Å². The van der Waals surface area contributed by atoms with Gasteiger partial charge in [0, 0.05) is 49.1 Å². The third-order valence-electron chi connectivity index (χ3n) is 4.58. The number of hydrogen-bond donors (Lipinski definition) is 0. The first-order chi connectivity index (χ1) is 9.22. The highest BCUT2D eigenvalue weighted by atomic mass is 16.3. The highest BCUT2D eigenvalue weighted by molar-refractivity contribution is 5.86. The zero-order valence-corrected chi connectivity index (χ0v) is 11.7. The van der Waals surface area contributed by atoms with E-state index in [1.807, 2.05) is 0 Å². The molecule has 0 radical (unpaired) electrons. The summed E-state index contributed by atoms with van der Waals surface area (Å²) in [4.78, 5) is 4.76. The maximum atomic E-state index is 6.23. The Kier molecular flexibility index (Phi) is 2.47. The Morgan fingerprint density at radius 2 is 1.74 bits per heavy atom. The van der Waals surface area contributed by atoms with Crippen LogP contribution >= 0.6 is 0 Å². The summed E-state index contributed by atoms with van der Waals surface area (Å²) >= 11 is 0. The lowest BCUT2D eigenvalue weighted by Gasteiger charge is -2.24. The lowest BCUT2D eigenvalue weighted by molar-refractivity contribution is 0.295. The van der Waals surface area contributed by atoms with E-state index in [0.29, 0.717) is 0 Å². The predicted molar refractivity (Wildman–Crippen MR) is 76.3 cm³/mol. The molecule has 3 nitrogen and oxygen atoms in total. The molecule has 4 rings (SSSR count). The lowest BCUT2D eigenvalue weighted by atomic mass is 9.96. The van der Waals surface area contributed by atoms with Gasteiger partial charge in [0.25, 0.3) is 0 Å². The van der Waals surface area contributed by atoms with Gasteiger partial charge in [0.15, 0.2) is 0 Å². The van der Waals surface area contributed by atoms with E-state index < -0.39 is 0 Å². The molecule has 3 heterocycles. The number of furan rings is 1. The quantitative estimate of drug-likeness (QED) is 0.721. The molecule has 0 saturated heterocycles. The van der Waals surface area contributed by atoms with Crippen molar-refractivity contribution in [3.05, 3.63) is 34.6 Å². The monoisotopic (exact) mass is 256 g/mol. The van der Waals surface area contributed by atoms with Crippen LogP contribution in [-0.2, 0) is 25.9 Å². The molecule has 1 aromatic heterocycles. The molecule has 2 aromatic rings. The highest BCUT2D eigenvalue weighted by Gasteiger charge is 2.24. The standard InChI is InChI=1S/C16H20N2O/c1-17-7-5-12-11(9-17)3-4-13-14-10-18(2)8-6-15(14)19-16(12)13/h3-4H,5-10H2,1-2H3. The second kappa shape index (κ2) is 4.09. The van der Waals surface area contributed by atoms with Crippen LogP contribution in [0, 0.1) is 0 Å². The summed E-state index contributed by atoms with van der Waals surface area (Å²) in [5, 5.41) is 1.35. The van der Waals surface area contributed by atoms with Crippen LogP contribution in [0.1, 0.15) is 22.5 Å². The van der Waals surface area contributed by atoms with E-state index >= 15 is 0 Å². The van der Waals surface area contributed by atoms with Gasteiger partial charge in [0.05, 0.1) is 0 Å². The van der Waals surface area contributed by atoms with Crippen molar-refractivity contribution >= 4 is 11.0 Å². The summed E-state index contributed by atoms with van der Waals surface area (Å²) in [5.74, 6) is 1.22. The van der Waals surface area contributed by atoms with Crippen LogP contribution in [0.2, 0.25) is 0 Å². The molecule has 0 spiro atoms. The van der Waals surface area contributed by atoms with Crippen molar-refractivity contribution in [3.8, 4) is 0 Å². The normalized spacial score (nSPS) is 20.5. The van der Waals surface area contributed by atoms with Crippen LogP contribution in [-0.4, -0.2) is 37.0 Å². The molecule has 0 bridgehead atoms. The van der Waals surface area contributed by atoms with Gasteiger partial charge in [0.2, 0.25) is 0 Å². The summed E-state index contributed by atoms with van der Waals surface area (Å²) in [6, 6.07) is 4.58. The second-order valence-electron chi connectivity index (χ2n) is 6.06. The van der Waals surface area contributed by atoms with Crippen LogP contribution < -0.4 is 0 Å². The highest BCUT2D eigenvalue weighted by Crippen LogP contribution is 2.35. The molecular formula is C16H20N2O.